The van der Waals surface area contributed by atoms with Gasteiger partial charge in [0.05, 0.1) is 17.9 Å². The standard InChI is InChI=1S/C22H32N2O3/c1-5-11-27-22(10-6-7-17(4)13-22)21(25)24-20-9-8-19(12-18(20)14-23)26-15-16(2)3/h8-9,12,16-17H,5-7,10-11,13,15H2,1-4H3,(H,24,25)/t17-,22-/m0/s1. The van der Waals surface area contributed by atoms with Crippen LogP contribution in [0.5, 0.6) is 5.75 Å². The Hall–Kier alpha value is -2.06. The molecular weight excluding hydrogens is 340 g/mol. The first-order valence-corrected chi connectivity index (χ1v) is 10.0. The molecule has 0 unspecified atom stereocenters. The number of nitrogens with one attached hydrogen (secondary N) is 1. The van der Waals surface area contributed by atoms with Crippen LogP contribution in [-0.2, 0) is 9.53 Å². The Morgan fingerprint density at radius 3 is 2.85 bits per heavy atom. The molecule has 0 spiro atoms. The Morgan fingerprint density at radius 1 is 1.44 bits per heavy atom. The second-order valence-corrected chi connectivity index (χ2v) is 8.02. The lowest BCUT2D eigenvalue weighted by Crippen LogP contribution is -2.48. The highest BCUT2D eigenvalue weighted by atomic mass is 16.5. The number of nitriles is 1. The van der Waals surface area contributed by atoms with Crippen molar-refractivity contribution < 1.29 is 14.3 Å². The first-order chi connectivity index (χ1) is 12.9. The maximum absolute atomic E-state index is 13.1. The quantitative estimate of drug-likeness (QED) is 0.704. The van der Waals surface area contributed by atoms with Gasteiger partial charge in [-0.2, -0.15) is 5.26 Å². The molecule has 1 saturated carbocycles. The zero-order valence-corrected chi connectivity index (χ0v) is 17.0. The van der Waals surface area contributed by atoms with Crippen LogP contribution in [0.3, 0.4) is 0 Å². The molecule has 5 heteroatoms. The van der Waals surface area contributed by atoms with Gasteiger partial charge in [-0.1, -0.05) is 34.1 Å². The molecule has 27 heavy (non-hydrogen) atoms. The molecule has 0 aromatic heterocycles. The number of anilines is 1. The van der Waals surface area contributed by atoms with Crippen molar-refractivity contribution in [2.24, 2.45) is 11.8 Å². The Bertz CT molecular complexity index is 681. The van der Waals surface area contributed by atoms with E-state index < -0.39 is 5.60 Å². The largest absolute Gasteiger partial charge is 0.493 e. The first kappa shape index (κ1) is 21.2. The highest BCUT2D eigenvalue weighted by Crippen LogP contribution is 2.37. The number of amides is 1. The maximum Gasteiger partial charge on any atom is 0.256 e. The zero-order chi connectivity index (χ0) is 19.9. The third-order valence-corrected chi connectivity index (χ3v) is 4.90. The SMILES string of the molecule is CCCO[C@@]1(C(=O)Nc2ccc(OCC(C)C)cc2C#N)CCC[C@H](C)C1. The van der Waals surface area contributed by atoms with E-state index in [0.29, 0.717) is 42.0 Å². The van der Waals surface area contributed by atoms with Crippen LogP contribution in [-0.4, -0.2) is 24.7 Å². The van der Waals surface area contributed by atoms with E-state index in [0.717, 1.165) is 32.1 Å². The lowest BCUT2D eigenvalue weighted by Gasteiger charge is -2.38. The number of hydrogen-bond donors (Lipinski definition) is 1. The summed E-state index contributed by atoms with van der Waals surface area (Å²) in [5.41, 5.74) is 0.115. The lowest BCUT2D eigenvalue weighted by molar-refractivity contribution is -0.148. The van der Waals surface area contributed by atoms with Crippen LogP contribution in [0.2, 0.25) is 0 Å². The van der Waals surface area contributed by atoms with Gasteiger partial charge >= 0.3 is 0 Å². The molecule has 0 heterocycles. The Balaban J connectivity index is 2.17. The van der Waals surface area contributed by atoms with E-state index in [9.17, 15) is 10.1 Å². The summed E-state index contributed by atoms with van der Waals surface area (Å²) < 4.78 is 11.8. The van der Waals surface area contributed by atoms with Gasteiger partial charge in [-0.15, -0.1) is 0 Å². The van der Waals surface area contributed by atoms with Gasteiger partial charge in [0.1, 0.15) is 17.4 Å². The molecule has 0 radical (unpaired) electrons. The molecule has 1 N–H and O–H groups in total. The summed E-state index contributed by atoms with van der Waals surface area (Å²) in [6.07, 6.45) is 4.41. The minimum atomic E-state index is -0.798. The van der Waals surface area contributed by atoms with Crippen molar-refractivity contribution in [3.8, 4) is 11.8 Å². The number of carbonyl (C=O) groups excluding carboxylic acids is 1. The summed E-state index contributed by atoms with van der Waals surface area (Å²) in [7, 11) is 0. The fourth-order valence-electron chi connectivity index (χ4n) is 3.52. The molecule has 2 atom stereocenters. The van der Waals surface area contributed by atoms with Crippen molar-refractivity contribution >= 4 is 11.6 Å². The van der Waals surface area contributed by atoms with E-state index in [-0.39, 0.29) is 5.91 Å². The van der Waals surface area contributed by atoms with Crippen LogP contribution in [0.25, 0.3) is 0 Å². The molecular formula is C22H32N2O3. The average Bonchev–Trinajstić information content (AvgIpc) is 2.65. The highest BCUT2D eigenvalue weighted by Gasteiger charge is 2.42. The predicted molar refractivity (Wildman–Crippen MR) is 107 cm³/mol. The van der Waals surface area contributed by atoms with Crippen molar-refractivity contribution in [2.45, 2.75) is 65.4 Å². The van der Waals surface area contributed by atoms with Gasteiger partial charge in [0, 0.05) is 6.61 Å². The normalized spacial score (nSPS) is 22.3. The fourth-order valence-corrected chi connectivity index (χ4v) is 3.52. The van der Waals surface area contributed by atoms with Crippen LogP contribution in [0, 0.1) is 23.2 Å². The smallest absolute Gasteiger partial charge is 0.256 e. The van der Waals surface area contributed by atoms with Crippen LogP contribution < -0.4 is 10.1 Å². The monoisotopic (exact) mass is 372 g/mol. The van der Waals surface area contributed by atoms with E-state index in [2.05, 4.69) is 32.2 Å². The third-order valence-electron chi connectivity index (χ3n) is 4.90. The lowest BCUT2D eigenvalue weighted by atomic mass is 9.78. The average molecular weight is 373 g/mol. The highest BCUT2D eigenvalue weighted by molar-refractivity contribution is 5.98. The van der Waals surface area contributed by atoms with Gasteiger partial charge in [-0.25, -0.2) is 0 Å². The van der Waals surface area contributed by atoms with E-state index in [1.54, 1.807) is 18.2 Å². The van der Waals surface area contributed by atoms with Gasteiger partial charge < -0.3 is 14.8 Å². The zero-order valence-electron chi connectivity index (χ0n) is 17.0. The molecule has 1 aromatic carbocycles. The van der Waals surface area contributed by atoms with E-state index in [4.69, 9.17) is 9.47 Å². The van der Waals surface area contributed by atoms with Gasteiger partial charge in [0.2, 0.25) is 0 Å². The second-order valence-electron chi connectivity index (χ2n) is 8.02. The number of carbonyl (C=O) groups is 1. The van der Waals surface area contributed by atoms with Crippen LogP contribution in [0.15, 0.2) is 18.2 Å². The first-order valence-electron chi connectivity index (χ1n) is 10.0. The molecule has 1 fully saturated rings. The number of rotatable bonds is 8. The van der Waals surface area contributed by atoms with Gasteiger partial charge in [0.25, 0.3) is 5.91 Å². The van der Waals surface area contributed by atoms with Crippen molar-refractivity contribution in [1.29, 1.82) is 5.26 Å². The van der Waals surface area contributed by atoms with Gasteiger partial charge in [0.15, 0.2) is 0 Å². The summed E-state index contributed by atoms with van der Waals surface area (Å²) >= 11 is 0. The Morgan fingerprint density at radius 2 is 2.22 bits per heavy atom. The third kappa shape index (κ3) is 5.71. The molecule has 0 aliphatic heterocycles. The molecule has 0 bridgehead atoms. The van der Waals surface area contributed by atoms with Gasteiger partial charge in [-0.3, -0.25) is 4.79 Å². The Labute approximate surface area is 163 Å². The van der Waals surface area contributed by atoms with Crippen molar-refractivity contribution in [2.75, 3.05) is 18.5 Å². The molecule has 1 aromatic rings. The van der Waals surface area contributed by atoms with Crippen molar-refractivity contribution in [3.63, 3.8) is 0 Å². The number of nitrogens with zero attached hydrogens (tertiary/aromatic N) is 1. The van der Waals surface area contributed by atoms with E-state index >= 15 is 0 Å². The van der Waals surface area contributed by atoms with Crippen LogP contribution in [0.1, 0.15) is 65.4 Å². The summed E-state index contributed by atoms with van der Waals surface area (Å²) in [5, 5.41) is 12.5. The van der Waals surface area contributed by atoms with Crippen LogP contribution in [0.4, 0.5) is 5.69 Å². The number of ether oxygens (including phenoxy) is 2. The molecule has 1 amide bonds. The molecule has 148 valence electrons. The fraction of sp³-hybridized carbons (Fsp3) is 0.636. The summed E-state index contributed by atoms with van der Waals surface area (Å²) in [6.45, 7) is 9.50. The molecule has 0 saturated heterocycles. The van der Waals surface area contributed by atoms with Crippen molar-refractivity contribution in [3.05, 3.63) is 23.8 Å². The minimum Gasteiger partial charge on any atom is -0.493 e. The van der Waals surface area contributed by atoms with Crippen molar-refractivity contribution in [1.82, 2.24) is 0 Å². The summed E-state index contributed by atoms with van der Waals surface area (Å²) in [6, 6.07) is 7.38. The summed E-state index contributed by atoms with van der Waals surface area (Å²) in [5.74, 6) is 1.35. The minimum absolute atomic E-state index is 0.144. The summed E-state index contributed by atoms with van der Waals surface area (Å²) in [4.78, 5) is 13.1. The van der Waals surface area contributed by atoms with Crippen LogP contribution >= 0.6 is 0 Å². The molecule has 1 aliphatic carbocycles. The van der Waals surface area contributed by atoms with E-state index in [1.165, 1.54) is 0 Å². The second kappa shape index (κ2) is 9.75. The van der Waals surface area contributed by atoms with E-state index in [1.807, 2.05) is 6.92 Å². The number of hydrogen-bond acceptors (Lipinski definition) is 4. The van der Waals surface area contributed by atoms with Gasteiger partial charge in [-0.05, 0) is 55.7 Å². The predicted octanol–water partition coefficient (Wildman–Crippen LogP) is 4.91. The maximum atomic E-state index is 13.1. The molecule has 5 nitrogen and oxygen atoms in total. The number of benzene rings is 1. The Kier molecular flexibility index (Phi) is 7.67. The topological polar surface area (TPSA) is 71.3 Å². The molecule has 2 rings (SSSR count). The molecule has 1 aliphatic rings.